The Balaban J connectivity index is 2.00. The highest BCUT2D eigenvalue weighted by Gasteiger charge is 2.19. The van der Waals surface area contributed by atoms with Gasteiger partial charge in [0.05, 0.1) is 11.4 Å². The minimum absolute atomic E-state index is 0.00251. The molecule has 2 aromatic heterocycles. The fraction of sp³-hybridized carbons (Fsp3) is 0.357. The summed E-state index contributed by atoms with van der Waals surface area (Å²) in [7, 11) is -3.39. The maximum absolute atomic E-state index is 11.8. The molecule has 0 unspecified atom stereocenters. The van der Waals surface area contributed by atoms with E-state index in [1.165, 1.54) is 11.3 Å². The molecule has 0 saturated carbocycles. The van der Waals surface area contributed by atoms with E-state index >= 15 is 0 Å². The average molecular weight is 339 g/mol. The molecule has 0 fully saturated rings. The van der Waals surface area contributed by atoms with E-state index in [4.69, 9.17) is 0 Å². The van der Waals surface area contributed by atoms with Crippen LogP contribution in [-0.2, 0) is 14.6 Å². The van der Waals surface area contributed by atoms with Gasteiger partial charge in [-0.2, -0.15) is 0 Å². The van der Waals surface area contributed by atoms with E-state index in [9.17, 15) is 13.2 Å². The monoisotopic (exact) mass is 339 g/mol. The van der Waals surface area contributed by atoms with Crippen molar-refractivity contribution in [3.05, 3.63) is 29.8 Å². The Hall–Kier alpha value is -1.80. The summed E-state index contributed by atoms with van der Waals surface area (Å²) in [4.78, 5) is 20.2. The number of hydrogen-bond donors (Lipinski definition) is 1. The van der Waals surface area contributed by atoms with Gasteiger partial charge in [0.25, 0.3) is 0 Å². The molecule has 0 saturated heterocycles. The lowest BCUT2D eigenvalue weighted by molar-refractivity contribution is -0.113. The summed E-state index contributed by atoms with van der Waals surface area (Å²) in [6, 6.07) is 5.46. The minimum atomic E-state index is -3.39. The summed E-state index contributed by atoms with van der Waals surface area (Å²) in [5.41, 5.74) is 1.35. The Morgan fingerprint density at radius 1 is 1.32 bits per heavy atom. The quantitative estimate of drug-likeness (QED) is 0.871. The molecule has 118 valence electrons. The Bertz CT molecular complexity index is 740. The molecule has 2 rings (SSSR count). The van der Waals surface area contributed by atoms with Gasteiger partial charge in [-0.3, -0.25) is 9.78 Å². The largest absolute Gasteiger partial charge is 0.301 e. The fourth-order valence-corrected chi connectivity index (χ4v) is 4.21. The van der Waals surface area contributed by atoms with E-state index in [1.54, 1.807) is 31.5 Å². The maximum atomic E-state index is 11.8. The summed E-state index contributed by atoms with van der Waals surface area (Å²) in [5, 5.41) is 4.65. The highest BCUT2D eigenvalue weighted by molar-refractivity contribution is 7.92. The third-order valence-corrected chi connectivity index (χ3v) is 5.25. The van der Waals surface area contributed by atoms with Crippen LogP contribution < -0.4 is 5.32 Å². The number of carbonyl (C=O) groups excluding carboxylic acids is 1. The molecular formula is C14H17N3O3S2. The fourth-order valence-electron chi connectivity index (χ4n) is 1.88. The predicted octanol–water partition coefficient (Wildman–Crippen LogP) is 2.21. The number of pyridine rings is 1. The zero-order chi connectivity index (χ0) is 16.2. The number of rotatable bonds is 6. The van der Waals surface area contributed by atoms with Crippen LogP contribution >= 0.6 is 11.3 Å². The first-order valence-corrected chi connectivity index (χ1v) is 9.43. The summed E-state index contributed by atoms with van der Waals surface area (Å²) < 4.78 is 23.6. The smallest absolute Gasteiger partial charge is 0.241 e. The molecule has 22 heavy (non-hydrogen) atoms. The van der Waals surface area contributed by atoms with Crippen molar-refractivity contribution in [3.63, 3.8) is 0 Å². The summed E-state index contributed by atoms with van der Waals surface area (Å²) >= 11 is 1.23. The molecule has 0 aliphatic rings. The van der Waals surface area contributed by atoms with Crippen LogP contribution in [0.3, 0.4) is 0 Å². The standard InChI is InChI=1S/C14H17N3O3S2/c1-10(2)8-22(19,20)9-13(18)17-14-16-12(7-21-14)11-5-3-4-6-15-11/h3-7,10H,8-9H2,1-2H3,(H,16,17,18). The van der Waals surface area contributed by atoms with Crippen molar-refractivity contribution < 1.29 is 13.2 Å². The third kappa shape index (κ3) is 4.88. The van der Waals surface area contributed by atoms with Crippen molar-refractivity contribution in [2.24, 2.45) is 5.92 Å². The van der Waals surface area contributed by atoms with Gasteiger partial charge in [0.1, 0.15) is 11.4 Å². The number of nitrogens with zero attached hydrogens (tertiary/aromatic N) is 2. The van der Waals surface area contributed by atoms with Crippen LogP contribution in [0.2, 0.25) is 0 Å². The molecule has 6 nitrogen and oxygen atoms in total. The van der Waals surface area contributed by atoms with Crippen molar-refractivity contribution in [1.82, 2.24) is 9.97 Å². The van der Waals surface area contributed by atoms with Gasteiger partial charge in [-0.05, 0) is 18.1 Å². The van der Waals surface area contributed by atoms with Crippen LogP contribution in [-0.4, -0.2) is 35.8 Å². The number of thiazole rings is 1. The zero-order valence-corrected chi connectivity index (χ0v) is 13.9. The molecular weight excluding hydrogens is 322 g/mol. The number of sulfone groups is 1. The van der Waals surface area contributed by atoms with Crippen LogP contribution in [0.25, 0.3) is 11.4 Å². The summed E-state index contributed by atoms with van der Waals surface area (Å²) in [5.74, 6) is -1.10. The second-order valence-corrected chi connectivity index (χ2v) is 8.22. The number of carbonyl (C=O) groups is 1. The molecule has 0 aliphatic heterocycles. The number of nitrogens with one attached hydrogen (secondary N) is 1. The van der Waals surface area contributed by atoms with Crippen molar-refractivity contribution in [3.8, 4) is 11.4 Å². The highest BCUT2D eigenvalue weighted by atomic mass is 32.2. The van der Waals surface area contributed by atoms with E-state index in [-0.39, 0.29) is 11.7 Å². The minimum Gasteiger partial charge on any atom is -0.301 e. The van der Waals surface area contributed by atoms with Gasteiger partial charge in [-0.25, -0.2) is 13.4 Å². The van der Waals surface area contributed by atoms with Crippen LogP contribution in [0.15, 0.2) is 29.8 Å². The number of hydrogen-bond acceptors (Lipinski definition) is 6. The van der Waals surface area contributed by atoms with Crippen molar-refractivity contribution in [2.45, 2.75) is 13.8 Å². The lowest BCUT2D eigenvalue weighted by Crippen LogP contribution is -2.26. The van der Waals surface area contributed by atoms with Gasteiger partial charge < -0.3 is 5.32 Å². The summed E-state index contributed by atoms with van der Waals surface area (Å²) in [6.45, 7) is 3.60. The second kappa shape index (κ2) is 6.97. The Morgan fingerprint density at radius 2 is 2.09 bits per heavy atom. The Kier molecular flexibility index (Phi) is 5.25. The first-order valence-electron chi connectivity index (χ1n) is 6.73. The van der Waals surface area contributed by atoms with E-state index in [2.05, 4.69) is 15.3 Å². The molecule has 0 aromatic carbocycles. The van der Waals surface area contributed by atoms with Crippen LogP contribution in [0.1, 0.15) is 13.8 Å². The van der Waals surface area contributed by atoms with E-state index in [1.807, 2.05) is 12.1 Å². The second-order valence-electron chi connectivity index (χ2n) is 5.25. The molecule has 2 heterocycles. The van der Waals surface area contributed by atoms with Crippen LogP contribution in [0.5, 0.6) is 0 Å². The molecule has 8 heteroatoms. The van der Waals surface area contributed by atoms with Crippen LogP contribution in [0.4, 0.5) is 5.13 Å². The van der Waals surface area contributed by atoms with Gasteiger partial charge in [0.2, 0.25) is 5.91 Å². The summed E-state index contributed by atoms with van der Waals surface area (Å²) in [6.07, 6.45) is 1.66. The first kappa shape index (κ1) is 16.6. The first-order chi connectivity index (χ1) is 10.4. The maximum Gasteiger partial charge on any atom is 0.241 e. The number of amides is 1. The van der Waals surface area contributed by atoms with Crippen molar-refractivity contribution in [2.75, 3.05) is 16.8 Å². The van der Waals surface area contributed by atoms with E-state index in [0.717, 1.165) is 0 Å². The number of anilines is 1. The van der Waals surface area contributed by atoms with E-state index < -0.39 is 21.5 Å². The molecule has 0 spiro atoms. The van der Waals surface area contributed by atoms with E-state index in [0.29, 0.717) is 16.5 Å². The van der Waals surface area contributed by atoms with Gasteiger partial charge >= 0.3 is 0 Å². The Morgan fingerprint density at radius 3 is 2.73 bits per heavy atom. The number of aromatic nitrogens is 2. The van der Waals surface area contributed by atoms with Gasteiger partial charge in [0.15, 0.2) is 15.0 Å². The van der Waals surface area contributed by atoms with Gasteiger partial charge in [-0.15, -0.1) is 11.3 Å². The SMILES string of the molecule is CC(C)CS(=O)(=O)CC(=O)Nc1nc(-c2ccccn2)cs1. The molecule has 2 aromatic rings. The molecule has 0 aliphatic carbocycles. The highest BCUT2D eigenvalue weighted by Crippen LogP contribution is 2.23. The average Bonchev–Trinajstić information content (AvgIpc) is 2.85. The third-order valence-electron chi connectivity index (χ3n) is 2.62. The van der Waals surface area contributed by atoms with Gasteiger partial charge in [-0.1, -0.05) is 19.9 Å². The van der Waals surface area contributed by atoms with Gasteiger partial charge in [0, 0.05) is 11.6 Å². The topological polar surface area (TPSA) is 89.0 Å². The molecule has 0 atom stereocenters. The molecule has 0 radical (unpaired) electrons. The molecule has 0 bridgehead atoms. The lowest BCUT2D eigenvalue weighted by Gasteiger charge is -2.06. The normalized spacial score (nSPS) is 11.6. The predicted molar refractivity (Wildman–Crippen MR) is 87.5 cm³/mol. The molecule has 1 amide bonds. The lowest BCUT2D eigenvalue weighted by atomic mass is 10.3. The Labute approximate surface area is 133 Å². The zero-order valence-electron chi connectivity index (χ0n) is 12.3. The van der Waals surface area contributed by atoms with Crippen molar-refractivity contribution >= 4 is 32.2 Å². The van der Waals surface area contributed by atoms with Crippen LogP contribution in [0, 0.1) is 5.92 Å². The van der Waals surface area contributed by atoms with Crippen molar-refractivity contribution in [1.29, 1.82) is 0 Å². The molecule has 1 N–H and O–H groups in total.